The Morgan fingerprint density at radius 2 is 2.29 bits per heavy atom. The summed E-state index contributed by atoms with van der Waals surface area (Å²) in [4.78, 5) is 23.0. The van der Waals surface area contributed by atoms with Crippen LogP contribution in [0.2, 0.25) is 5.02 Å². The maximum atomic E-state index is 11.9. The molecule has 0 bridgehead atoms. The van der Waals surface area contributed by atoms with Gasteiger partial charge in [-0.2, -0.15) is 0 Å². The van der Waals surface area contributed by atoms with Gasteiger partial charge in [0.1, 0.15) is 11.8 Å². The quantitative estimate of drug-likeness (QED) is 0.868. The topological polar surface area (TPSA) is 67.4 Å². The van der Waals surface area contributed by atoms with Gasteiger partial charge < -0.3 is 15.4 Å². The molecule has 1 fully saturated rings. The van der Waals surface area contributed by atoms with Gasteiger partial charge in [0.25, 0.3) is 0 Å². The Kier molecular flexibility index (Phi) is 5.07. The number of nitrogens with one attached hydrogen (secondary N) is 2. The van der Waals surface area contributed by atoms with Crippen LogP contribution in [0.5, 0.6) is 5.75 Å². The van der Waals surface area contributed by atoms with E-state index >= 15 is 0 Å². The molecule has 1 atom stereocenters. The summed E-state index contributed by atoms with van der Waals surface area (Å²) in [6.45, 7) is 2.39. The van der Waals surface area contributed by atoms with Crippen LogP contribution in [0.3, 0.4) is 0 Å². The van der Waals surface area contributed by atoms with Crippen LogP contribution in [-0.4, -0.2) is 31.5 Å². The Labute approximate surface area is 129 Å². The van der Waals surface area contributed by atoms with Crippen molar-refractivity contribution in [3.05, 3.63) is 28.3 Å². The van der Waals surface area contributed by atoms with E-state index in [0.717, 1.165) is 16.9 Å². The molecule has 1 heterocycles. The highest BCUT2D eigenvalue weighted by Gasteiger charge is 2.26. The molecular weight excluding hydrogens is 292 g/mol. The van der Waals surface area contributed by atoms with Crippen LogP contribution in [0.4, 0.5) is 0 Å². The molecular formula is C15H19ClN2O3. The van der Waals surface area contributed by atoms with E-state index in [9.17, 15) is 9.59 Å². The molecule has 0 aliphatic carbocycles. The number of carbonyl (C=O) groups is 2. The first kappa shape index (κ1) is 15.6. The zero-order valence-corrected chi connectivity index (χ0v) is 12.9. The van der Waals surface area contributed by atoms with Gasteiger partial charge in [-0.3, -0.25) is 9.59 Å². The third kappa shape index (κ3) is 3.88. The number of ether oxygens (including phenoxy) is 1. The molecule has 0 spiro atoms. The number of carbonyl (C=O) groups excluding carboxylic acids is 2. The standard InChI is InChI=1S/C15H19ClN2O3/c1-9-7-13(21-2)10(8-11(9)16)5-6-17-15(20)12-3-4-14(19)18-12/h7-8,12H,3-6H2,1-2H3,(H,17,20)(H,18,19). The Balaban J connectivity index is 1.90. The van der Waals surface area contributed by atoms with Crippen molar-refractivity contribution in [1.82, 2.24) is 10.6 Å². The van der Waals surface area contributed by atoms with Crippen molar-refractivity contribution in [2.45, 2.75) is 32.2 Å². The summed E-state index contributed by atoms with van der Waals surface area (Å²) in [6, 6.07) is 3.34. The molecule has 21 heavy (non-hydrogen) atoms. The number of halogens is 1. The number of benzene rings is 1. The number of rotatable bonds is 5. The van der Waals surface area contributed by atoms with Crippen molar-refractivity contribution in [2.75, 3.05) is 13.7 Å². The average Bonchev–Trinajstić information content (AvgIpc) is 2.89. The Bertz CT molecular complexity index is 560. The third-order valence-corrected chi connectivity index (χ3v) is 3.97. The normalized spacial score (nSPS) is 17.5. The fraction of sp³-hybridized carbons (Fsp3) is 0.467. The lowest BCUT2D eigenvalue weighted by molar-refractivity contribution is -0.125. The summed E-state index contributed by atoms with van der Waals surface area (Å²) >= 11 is 6.11. The highest BCUT2D eigenvalue weighted by atomic mass is 35.5. The molecule has 5 nitrogen and oxygen atoms in total. The van der Waals surface area contributed by atoms with E-state index in [1.807, 2.05) is 19.1 Å². The summed E-state index contributed by atoms with van der Waals surface area (Å²) < 4.78 is 5.32. The monoisotopic (exact) mass is 310 g/mol. The SMILES string of the molecule is COc1cc(C)c(Cl)cc1CCNC(=O)C1CCC(=O)N1. The number of hydrogen-bond donors (Lipinski definition) is 2. The van der Waals surface area contributed by atoms with Crippen molar-refractivity contribution in [2.24, 2.45) is 0 Å². The summed E-state index contributed by atoms with van der Waals surface area (Å²) in [5, 5.41) is 6.15. The minimum absolute atomic E-state index is 0.0675. The predicted molar refractivity (Wildman–Crippen MR) is 80.6 cm³/mol. The summed E-state index contributed by atoms with van der Waals surface area (Å²) in [7, 11) is 1.61. The average molecular weight is 311 g/mol. The molecule has 2 rings (SSSR count). The van der Waals surface area contributed by atoms with Gasteiger partial charge in [-0.15, -0.1) is 0 Å². The molecule has 1 aromatic carbocycles. The molecule has 1 saturated heterocycles. The fourth-order valence-electron chi connectivity index (χ4n) is 2.34. The lowest BCUT2D eigenvalue weighted by atomic mass is 10.1. The van der Waals surface area contributed by atoms with Gasteiger partial charge in [0.05, 0.1) is 7.11 Å². The molecule has 6 heteroatoms. The highest BCUT2D eigenvalue weighted by Crippen LogP contribution is 2.26. The smallest absolute Gasteiger partial charge is 0.242 e. The Morgan fingerprint density at radius 3 is 2.90 bits per heavy atom. The number of amides is 2. The molecule has 0 radical (unpaired) electrons. The second-order valence-electron chi connectivity index (χ2n) is 5.11. The second-order valence-corrected chi connectivity index (χ2v) is 5.52. The van der Waals surface area contributed by atoms with E-state index < -0.39 is 6.04 Å². The molecule has 2 amide bonds. The summed E-state index contributed by atoms with van der Waals surface area (Å²) in [5.41, 5.74) is 1.90. The Hall–Kier alpha value is -1.75. The van der Waals surface area contributed by atoms with E-state index in [1.165, 1.54) is 0 Å². The van der Waals surface area contributed by atoms with Crippen LogP contribution < -0.4 is 15.4 Å². The number of hydrogen-bond acceptors (Lipinski definition) is 3. The van der Waals surface area contributed by atoms with Crippen LogP contribution in [0.25, 0.3) is 0 Å². The summed E-state index contributed by atoms with van der Waals surface area (Å²) in [6.07, 6.45) is 1.60. The van der Waals surface area contributed by atoms with Crippen LogP contribution in [-0.2, 0) is 16.0 Å². The first-order valence-corrected chi connectivity index (χ1v) is 7.29. The van der Waals surface area contributed by atoms with E-state index in [0.29, 0.717) is 30.8 Å². The van der Waals surface area contributed by atoms with Crippen molar-refractivity contribution >= 4 is 23.4 Å². The van der Waals surface area contributed by atoms with Crippen molar-refractivity contribution in [3.63, 3.8) is 0 Å². The molecule has 0 saturated carbocycles. The molecule has 2 N–H and O–H groups in total. The van der Waals surface area contributed by atoms with E-state index in [4.69, 9.17) is 16.3 Å². The maximum absolute atomic E-state index is 11.9. The van der Waals surface area contributed by atoms with Gasteiger partial charge in [-0.1, -0.05) is 11.6 Å². The number of aryl methyl sites for hydroxylation is 1. The van der Waals surface area contributed by atoms with Gasteiger partial charge in [0.15, 0.2) is 0 Å². The van der Waals surface area contributed by atoms with E-state index in [-0.39, 0.29) is 11.8 Å². The third-order valence-electron chi connectivity index (χ3n) is 3.57. The molecule has 1 aromatic rings. The highest BCUT2D eigenvalue weighted by molar-refractivity contribution is 6.31. The molecule has 0 aromatic heterocycles. The van der Waals surface area contributed by atoms with Crippen LogP contribution in [0, 0.1) is 6.92 Å². The Morgan fingerprint density at radius 1 is 1.52 bits per heavy atom. The van der Waals surface area contributed by atoms with Crippen LogP contribution >= 0.6 is 11.6 Å². The van der Waals surface area contributed by atoms with Gasteiger partial charge in [-0.05, 0) is 43.0 Å². The zero-order chi connectivity index (χ0) is 15.4. The maximum Gasteiger partial charge on any atom is 0.242 e. The largest absolute Gasteiger partial charge is 0.496 e. The van der Waals surface area contributed by atoms with Crippen molar-refractivity contribution in [3.8, 4) is 5.75 Å². The lowest BCUT2D eigenvalue weighted by Gasteiger charge is -2.13. The lowest BCUT2D eigenvalue weighted by Crippen LogP contribution is -2.42. The zero-order valence-electron chi connectivity index (χ0n) is 12.2. The second kappa shape index (κ2) is 6.80. The molecule has 1 unspecified atom stereocenters. The summed E-state index contributed by atoms with van der Waals surface area (Å²) in [5.74, 6) is 0.556. The van der Waals surface area contributed by atoms with Crippen LogP contribution in [0.1, 0.15) is 24.0 Å². The first-order valence-electron chi connectivity index (χ1n) is 6.91. The van der Waals surface area contributed by atoms with Gasteiger partial charge >= 0.3 is 0 Å². The van der Waals surface area contributed by atoms with Crippen LogP contribution in [0.15, 0.2) is 12.1 Å². The van der Waals surface area contributed by atoms with Gasteiger partial charge in [-0.25, -0.2) is 0 Å². The minimum Gasteiger partial charge on any atom is -0.496 e. The minimum atomic E-state index is -0.402. The van der Waals surface area contributed by atoms with Crippen molar-refractivity contribution < 1.29 is 14.3 Å². The predicted octanol–water partition coefficient (Wildman–Crippen LogP) is 1.59. The molecule has 1 aliphatic heterocycles. The van der Waals surface area contributed by atoms with Crippen molar-refractivity contribution in [1.29, 1.82) is 0 Å². The van der Waals surface area contributed by atoms with E-state index in [1.54, 1.807) is 7.11 Å². The first-order chi connectivity index (χ1) is 10.0. The van der Waals surface area contributed by atoms with Gasteiger partial charge in [0, 0.05) is 18.0 Å². The molecule has 114 valence electrons. The fourth-order valence-corrected chi connectivity index (χ4v) is 2.52. The number of methoxy groups -OCH3 is 1. The molecule has 1 aliphatic rings. The van der Waals surface area contributed by atoms with Gasteiger partial charge in [0.2, 0.25) is 11.8 Å². The van der Waals surface area contributed by atoms with E-state index in [2.05, 4.69) is 10.6 Å².